The van der Waals surface area contributed by atoms with E-state index in [1.807, 2.05) is 0 Å². The minimum atomic E-state index is -1.60. The highest BCUT2D eigenvalue weighted by atomic mass is 16.8. The molecule has 1 aliphatic rings. The van der Waals surface area contributed by atoms with Gasteiger partial charge in [0, 0.05) is 0 Å². The van der Waals surface area contributed by atoms with E-state index < -0.39 is 54.6 Å². The number of ether oxygens (including phenoxy) is 5. The first-order valence-corrected chi connectivity index (χ1v) is 13.5. The second-order valence-electron chi connectivity index (χ2n) is 9.94. The molecular formula is C34H28O9. The number of benzene rings is 4. The van der Waals surface area contributed by atoms with Gasteiger partial charge in [-0.1, -0.05) is 72.8 Å². The van der Waals surface area contributed by atoms with Crippen LogP contribution in [0.15, 0.2) is 121 Å². The van der Waals surface area contributed by atoms with E-state index in [0.29, 0.717) is 5.56 Å². The van der Waals surface area contributed by atoms with Crippen molar-refractivity contribution in [3.05, 3.63) is 144 Å². The summed E-state index contributed by atoms with van der Waals surface area (Å²) in [6.45, 7) is 1.10. The Labute approximate surface area is 247 Å². The highest BCUT2D eigenvalue weighted by Crippen LogP contribution is 2.38. The summed E-state index contributed by atoms with van der Waals surface area (Å²) in [6.07, 6.45) is -4.30. The van der Waals surface area contributed by atoms with Gasteiger partial charge >= 0.3 is 23.9 Å². The number of carbonyl (C=O) groups is 4. The Morgan fingerprint density at radius 1 is 0.558 bits per heavy atom. The van der Waals surface area contributed by atoms with Gasteiger partial charge in [0.05, 0.1) is 22.3 Å². The lowest BCUT2D eigenvalue weighted by Gasteiger charge is -2.30. The molecule has 5 rings (SSSR count). The summed E-state index contributed by atoms with van der Waals surface area (Å²) in [6, 6.07) is 32.8. The molecule has 0 bridgehead atoms. The van der Waals surface area contributed by atoms with Crippen LogP contribution in [0.2, 0.25) is 0 Å². The van der Waals surface area contributed by atoms with Gasteiger partial charge in [-0.2, -0.15) is 0 Å². The summed E-state index contributed by atoms with van der Waals surface area (Å²) in [5.74, 6) is -2.92. The number of rotatable bonds is 9. The highest BCUT2D eigenvalue weighted by Gasteiger charge is 2.59. The molecule has 0 spiro atoms. The van der Waals surface area contributed by atoms with E-state index in [9.17, 15) is 19.2 Å². The molecule has 0 aromatic heterocycles. The van der Waals surface area contributed by atoms with E-state index in [1.54, 1.807) is 121 Å². The molecule has 4 aromatic carbocycles. The predicted octanol–water partition coefficient (Wildman–Crippen LogP) is 5.27. The summed E-state index contributed by atoms with van der Waals surface area (Å²) < 4.78 is 29.1. The fraction of sp³-hybridized carbons (Fsp3) is 0.176. The van der Waals surface area contributed by atoms with Crippen molar-refractivity contribution in [2.24, 2.45) is 0 Å². The molecule has 43 heavy (non-hydrogen) atoms. The first-order valence-electron chi connectivity index (χ1n) is 13.5. The lowest BCUT2D eigenvalue weighted by atomic mass is 9.97. The third-order valence-electron chi connectivity index (χ3n) is 6.78. The Bertz CT molecular complexity index is 1560. The topological polar surface area (TPSA) is 114 Å². The van der Waals surface area contributed by atoms with Gasteiger partial charge in [0.2, 0.25) is 12.4 Å². The quantitative estimate of drug-likeness (QED) is 0.193. The summed E-state index contributed by atoms with van der Waals surface area (Å²) >= 11 is 0. The Balaban J connectivity index is 1.48. The van der Waals surface area contributed by atoms with Crippen LogP contribution in [0.3, 0.4) is 0 Å². The number of esters is 4. The maximum atomic E-state index is 13.3. The van der Waals surface area contributed by atoms with Gasteiger partial charge in [-0.15, -0.1) is 0 Å². The zero-order chi connectivity index (χ0) is 30.2. The largest absolute Gasteiger partial charge is 0.459 e. The zero-order valence-electron chi connectivity index (χ0n) is 23.2. The first kappa shape index (κ1) is 29.2. The maximum absolute atomic E-state index is 13.3. The fourth-order valence-corrected chi connectivity index (χ4v) is 4.54. The van der Waals surface area contributed by atoms with Crippen molar-refractivity contribution in [2.45, 2.75) is 31.0 Å². The molecule has 1 aliphatic heterocycles. The van der Waals surface area contributed by atoms with Crippen LogP contribution in [0.25, 0.3) is 0 Å². The molecule has 0 aliphatic carbocycles. The van der Waals surface area contributed by atoms with Crippen LogP contribution in [0.4, 0.5) is 0 Å². The van der Waals surface area contributed by atoms with E-state index in [2.05, 4.69) is 0 Å². The van der Waals surface area contributed by atoms with Crippen molar-refractivity contribution in [1.82, 2.24) is 0 Å². The summed E-state index contributed by atoms with van der Waals surface area (Å²) in [5.41, 5.74) is -0.642. The third-order valence-corrected chi connectivity index (χ3v) is 6.78. The lowest BCUT2D eigenvalue weighted by Crippen LogP contribution is -2.49. The van der Waals surface area contributed by atoms with Gasteiger partial charge in [-0.05, 0) is 55.5 Å². The van der Waals surface area contributed by atoms with Crippen LogP contribution in [0, 0.1) is 0 Å². The van der Waals surface area contributed by atoms with Gasteiger partial charge in [0.25, 0.3) is 0 Å². The molecule has 0 amide bonds. The molecule has 4 aromatic rings. The smallest absolute Gasteiger partial charge is 0.340 e. The van der Waals surface area contributed by atoms with Crippen molar-refractivity contribution >= 4 is 23.9 Å². The van der Waals surface area contributed by atoms with Crippen molar-refractivity contribution in [2.75, 3.05) is 6.61 Å². The van der Waals surface area contributed by atoms with Crippen molar-refractivity contribution < 1.29 is 42.9 Å². The first-order chi connectivity index (χ1) is 20.8. The maximum Gasteiger partial charge on any atom is 0.340 e. The Morgan fingerprint density at radius 2 is 0.930 bits per heavy atom. The molecule has 0 saturated carbocycles. The molecule has 9 nitrogen and oxygen atoms in total. The van der Waals surface area contributed by atoms with E-state index in [0.717, 1.165) is 0 Å². The lowest BCUT2D eigenvalue weighted by molar-refractivity contribution is -0.171. The van der Waals surface area contributed by atoms with Crippen molar-refractivity contribution in [1.29, 1.82) is 0 Å². The minimum absolute atomic E-state index is 0.216. The Hall–Kier alpha value is -5.28. The monoisotopic (exact) mass is 580 g/mol. The summed E-state index contributed by atoms with van der Waals surface area (Å²) in [7, 11) is 0. The molecule has 1 fully saturated rings. The molecule has 0 unspecified atom stereocenters. The predicted molar refractivity (Wildman–Crippen MR) is 153 cm³/mol. The third kappa shape index (κ3) is 6.97. The molecule has 0 N–H and O–H groups in total. The van der Waals surface area contributed by atoms with Crippen LogP contribution in [0.5, 0.6) is 0 Å². The second kappa shape index (κ2) is 13.1. The van der Waals surface area contributed by atoms with Crippen molar-refractivity contribution in [3.63, 3.8) is 0 Å². The van der Waals surface area contributed by atoms with Crippen LogP contribution >= 0.6 is 0 Å². The van der Waals surface area contributed by atoms with Gasteiger partial charge in [-0.25, -0.2) is 19.2 Å². The summed E-state index contributed by atoms with van der Waals surface area (Å²) in [4.78, 5) is 52.4. The van der Waals surface area contributed by atoms with E-state index in [4.69, 9.17) is 23.7 Å². The van der Waals surface area contributed by atoms with Gasteiger partial charge < -0.3 is 23.7 Å². The van der Waals surface area contributed by atoms with Crippen molar-refractivity contribution in [3.8, 4) is 0 Å². The van der Waals surface area contributed by atoms with Crippen LogP contribution in [-0.2, 0) is 23.7 Å². The average Bonchev–Trinajstić information content (AvgIpc) is 3.30. The van der Waals surface area contributed by atoms with Gasteiger partial charge in [0.15, 0.2) is 6.10 Å². The average molecular weight is 581 g/mol. The number of hydrogen-bond donors (Lipinski definition) is 0. The molecule has 1 saturated heterocycles. The van der Waals surface area contributed by atoms with E-state index in [1.165, 1.54) is 6.92 Å². The zero-order valence-corrected chi connectivity index (χ0v) is 23.2. The minimum Gasteiger partial charge on any atom is -0.459 e. The molecule has 4 atom stereocenters. The van der Waals surface area contributed by atoms with E-state index >= 15 is 0 Å². The van der Waals surface area contributed by atoms with Crippen LogP contribution < -0.4 is 0 Å². The fourth-order valence-electron chi connectivity index (χ4n) is 4.54. The second-order valence-corrected chi connectivity index (χ2v) is 9.94. The molecular weight excluding hydrogens is 552 g/mol. The SMILES string of the molecule is C[C@]1(COC(=O)c2ccccc2)O[C@H](OC(=O)c2ccccc2)[C@H](OC(=O)c2ccccc2)[C@@H]1OC(=O)c1ccccc1. The molecule has 0 radical (unpaired) electrons. The van der Waals surface area contributed by atoms with Gasteiger partial charge in [-0.3, -0.25) is 0 Å². The standard InChI is InChI=1S/C34H28O9/c1-34(22-39-29(35)23-14-6-2-7-15-23)28(41-31(37)25-18-10-4-11-19-25)27(40-30(36)24-16-8-3-9-17-24)33(43-34)42-32(38)26-20-12-5-13-21-26/h2-21,27-28,33H,22H2,1H3/t27-,28+,33+,34-/m1/s1. The van der Waals surface area contributed by atoms with Crippen LogP contribution in [0.1, 0.15) is 48.4 Å². The van der Waals surface area contributed by atoms with E-state index in [-0.39, 0.29) is 16.7 Å². The molecule has 1 heterocycles. The van der Waals surface area contributed by atoms with Gasteiger partial charge in [0.1, 0.15) is 12.2 Å². The normalized spacial score (nSPS) is 20.9. The molecule has 9 heteroatoms. The Kier molecular flexibility index (Phi) is 8.93. The highest BCUT2D eigenvalue weighted by molar-refractivity contribution is 5.91. The number of hydrogen-bond acceptors (Lipinski definition) is 9. The van der Waals surface area contributed by atoms with Crippen LogP contribution in [-0.4, -0.2) is 54.6 Å². The molecule has 218 valence electrons. The number of carbonyl (C=O) groups excluding carboxylic acids is 4. The summed E-state index contributed by atoms with van der Waals surface area (Å²) in [5, 5.41) is 0. The Morgan fingerprint density at radius 3 is 1.37 bits per heavy atom.